The molecule has 1 saturated heterocycles. The van der Waals surface area contributed by atoms with E-state index >= 15 is 0 Å². The molecule has 1 unspecified atom stereocenters. The smallest absolute Gasteiger partial charge is 0.123 e. The van der Waals surface area contributed by atoms with Gasteiger partial charge < -0.3 is 4.90 Å². The van der Waals surface area contributed by atoms with E-state index in [9.17, 15) is 4.39 Å². The molecule has 3 rings (SSSR count). The SMILES string of the molecule is Cc1cc(C)n(CC(C)N2CCCN(c3ccc(F)cc3)CC2)n1. The molecule has 0 amide bonds. The molecule has 0 saturated carbocycles. The normalized spacial score (nSPS) is 17.8. The lowest BCUT2D eigenvalue weighted by atomic mass is 10.2. The zero-order chi connectivity index (χ0) is 17.1. The van der Waals surface area contributed by atoms with Crippen molar-refractivity contribution in [2.45, 2.75) is 39.8 Å². The van der Waals surface area contributed by atoms with Gasteiger partial charge in [-0.2, -0.15) is 5.10 Å². The van der Waals surface area contributed by atoms with Crippen LogP contribution in [-0.4, -0.2) is 46.9 Å². The predicted octanol–water partition coefficient (Wildman–Crippen LogP) is 3.24. The molecule has 0 bridgehead atoms. The predicted molar refractivity (Wildman–Crippen MR) is 96.0 cm³/mol. The summed E-state index contributed by atoms with van der Waals surface area (Å²) in [5.74, 6) is -0.172. The van der Waals surface area contributed by atoms with Gasteiger partial charge >= 0.3 is 0 Å². The summed E-state index contributed by atoms with van der Waals surface area (Å²) in [6.45, 7) is 11.5. The second kappa shape index (κ2) is 7.34. The van der Waals surface area contributed by atoms with Gasteiger partial charge in [-0.15, -0.1) is 0 Å². The summed E-state index contributed by atoms with van der Waals surface area (Å²) in [6, 6.07) is 9.43. The molecule has 2 aromatic rings. The van der Waals surface area contributed by atoms with Crippen molar-refractivity contribution in [1.29, 1.82) is 0 Å². The minimum atomic E-state index is -0.172. The molecule has 5 heteroatoms. The Bertz CT molecular complexity index is 665. The molecule has 130 valence electrons. The third-order valence-corrected chi connectivity index (χ3v) is 4.89. The largest absolute Gasteiger partial charge is 0.370 e. The van der Waals surface area contributed by atoms with Gasteiger partial charge in [0.1, 0.15) is 5.82 Å². The fourth-order valence-electron chi connectivity index (χ4n) is 3.51. The molecular weight excluding hydrogens is 303 g/mol. The molecule has 2 heterocycles. The van der Waals surface area contributed by atoms with Crippen molar-refractivity contribution in [2.24, 2.45) is 0 Å². The maximum absolute atomic E-state index is 13.1. The van der Waals surface area contributed by atoms with Crippen molar-refractivity contribution in [3.63, 3.8) is 0 Å². The maximum Gasteiger partial charge on any atom is 0.123 e. The zero-order valence-corrected chi connectivity index (χ0v) is 14.9. The quantitative estimate of drug-likeness (QED) is 0.860. The first-order chi connectivity index (χ1) is 11.5. The molecule has 24 heavy (non-hydrogen) atoms. The van der Waals surface area contributed by atoms with E-state index in [0.29, 0.717) is 6.04 Å². The van der Waals surface area contributed by atoms with E-state index in [1.165, 1.54) is 5.69 Å². The van der Waals surface area contributed by atoms with Gasteiger partial charge in [-0.25, -0.2) is 4.39 Å². The van der Waals surface area contributed by atoms with E-state index in [-0.39, 0.29) is 5.82 Å². The topological polar surface area (TPSA) is 24.3 Å². The molecule has 1 aliphatic rings. The van der Waals surface area contributed by atoms with Crippen molar-refractivity contribution in [1.82, 2.24) is 14.7 Å². The van der Waals surface area contributed by atoms with Crippen LogP contribution in [0, 0.1) is 19.7 Å². The first-order valence-corrected chi connectivity index (χ1v) is 8.78. The summed E-state index contributed by atoms with van der Waals surface area (Å²) < 4.78 is 15.2. The molecule has 1 aromatic carbocycles. The van der Waals surface area contributed by atoms with E-state index in [2.05, 4.69) is 39.5 Å². The fraction of sp³-hybridized carbons (Fsp3) is 0.526. The molecule has 0 N–H and O–H groups in total. The van der Waals surface area contributed by atoms with Crippen LogP contribution >= 0.6 is 0 Å². The fourth-order valence-corrected chi connectivity index (χ4v) is 3.51. The number of aryl methyl sites for hydroxylation is 2. The highest BCUT2D eigenvalue weighted by molar-refractivity contribution is 5.46. The van der Waals surface area contributed by atoms with Gasteiger partial charge in [0.2, 0.25) is 0 Å². The number of aromatic nitrogens is 2. The van der Waals surface area contributed by atoms with Crippen molar-refractivity contribution in [3.8, 4) is 0 Å². The van der Waals surface area contributed by atoms with Crippen LogP contribution in [0.4, 0.5) is 10.1 Å². The summed E-state index contributed by atoms with van der Waals surface area (Å²) in [4.78, 5) is 4.90. The Morgan fingerprint density at radius 3 is 2.50 bits per heavy atom. The summed E-state index contributed by atoms with van der Waals surface area (Å²) in [7, 11) is 0. The number of hydrogen-bond acceptors (Lipinski definition) is 3. The molecular formula is C19H27FN4. The molecule has 1 aliphatic heterocycles. The average Bonchev–Trinajstić information content (AvgIpc) is 2.76. The lowest BCUT2D eigenvalue weighted by Crippen LogP contribution is -2.39. The van der Waals surface area contributed by atoms with Gasteiger partial charge in [0, 0.05) is 43.6 Å². The number of rotatable bonds is 4. The monoisotopic (exact) mass is 330 g/mol. The number of halogens is 1. The second-order valence-corrected chi connectivity index (χ2v) is 6.81. The maximum atomic E-state index is 13.1. The highest BCUT2D eigenvalue weighted by Crippen LogP contribution is 2.18. The third-order valence-electron chi connectivity index (χ3n) is 4.89. The Kier molecular flexibility index (Phi) is 5.19. The molecule has 1 atom stereocenters. The summed E-state index contributed by atoms with van der Waals surface area (Å²) in [6.07, 6.45) is 1.12. The number of benzene rings is 1. The van der Waals surface area contributed by atoms with Crippen LogP contribution in [0.3, 0.4) is 0 Å². The number of anilines is 1. The lowest BCUT2D eigenvalue weighted by Gasteiger charge is -2.28. The van der Waals surface area contributed by atoms with Crippen LogP contribution in [0.1, 0.15) is 24.7 Å². The molecule has 1 fully saturated rings. The minimum Gasteiger partial charge on any atom is -0.370 e. The second-order valence-electron chi connectivity index (χ2n) is 6.81. The van der Waals surface area contributed by atoms with Crippen LogP contribution < -0.4 is 4.90 Å². The van der Waals surface area contributed by atoms with E-state index in [1.807, 2.05) is 19.1 Å². The van der Waals surface area contributed by atoms with Gasteiger partial charge in [-0.05, 0) is 57.5 Å². The number of hydrogen-bond donors (Lipinski definition) is 0. The van der Waals surface area contributed by atoms with E-state index in [4.69, 9.17) is 0 Å². The Balaban J connectivity index is 1.60. The van der Waals surface area contributed by atoms with Crippen LogP contribution in [-0.2, 0) is 6.54 Å². The molecule has 1 aromatic heterocycles. The van der Waals surface area contributed by atoms with Crippen LogP contribution in [0.25, 0.3) is 0 Å². The highest BCUT2D eigenvalue weighted by atomic mass is 19.1. The van der Waals surface area contributed by atoms with E-state index < -0.39 is 0 Å². The first kappa shape index (κ1) is 17.0. The van der Waals surface area contributed by atoms with E-state index in [0.717, 1.165) is 50.5 Å². The third kappa shape index (κ3) is 3.96. The standard InChI is InChI=1S/C19H27FN4/c1-15-13-16(2)24(21-15)14-17(3)22-9-4-10-23(12-11-22)19-7-5-18(20)6-8-19/h5-8,13,17H,4,9-12,14H2,1-3H3. The van der Waals surface area contributed by atoms with Gasteiger partial charge in [0.05, 0.1) is 12.2 Å². The molecule has 4 nitrogen and oxygen atoms in total. The summed E-state index contributed by atoms with van der Waals surface area (Å²) in [5.41, 5.74) is 3.42. The number of nitrogens with zero attached hydrogens (tertiary/aromatic N) is 4. The molecule has 0 spiro atoms. The van der Waals surface area contributed by atoms with Crippen LogP contribution in [0.15, 0.2) is 30.3 Å². The van der Waals surface area contributed by atoms with Crippen LogP contribution in [0.5, 0.6) is 0 Å². The van der Waals surface area contributed by atoms with Gasteiger partial charge in [0.25, 0.3) is 0 Å². The van der Waals surface area contributed by atoms with Crippen molar-refractivity contribution >= 4 is 5.69 Å². The van der Waals surface area contributed by atoms with Crippen LogP contribution in [0.2, 0.25) is 0 Å². The minimum absolute atomic E-state index is 0.172. The first-order valence-electron chi connectivity index (χ1n) is 8.78. The summed E-state index contributed by atoms with van der Waals surface area (Å²) in [5, 5.41) is 4.58. The Morgan fingerprint density at radius 2 is 1.83 bits per heavy atom. The van der Waals surface area contributed by atoms with Gasteiger partial charge in [-0.1, -0.05) is 0 Å². The van der Waals surface area contributed by atoms with E-state index in [1.54, 1.807) is 12.1 Å². The zero-order valence-electron chi connectivity index (χ0n) is 14.9. The summed E-state index contributed by atoms with van der Waals surface area (Å²) >= 11 is 0. The lowest BCUT2D eigenvalue weighted by molar-refractivity contribution is 0.198. The van der Waals surface area contributed by atoms with Crippen molar-refractivity contribution < 1.29 is 4.39 Å². The van der Waals surface area contributed by atoms with Gasteiger partial charge in [0.15, 0.2) is 0 Å². The Labute approximate surface area is 143 Å². The van der Waals surface area contributed by atoms with Gasteiger partial charge in [-0.3, -0.25) is 9.58 Å². The molecule has 0 radical (unpaired) electrons. The highest BCUT2D eigenvalue weighted by Gasteiger charge is 2.20. The molecule has 0 aliphatic carbocycles. The Morgan fingerprint density at radius 1 is 1.08 bits per heavy atom. The average molecular weight is 330 g/mol. The Hall–Kier alpha value is -1.88. The van der Waals surface area contributed by atoms with Crippen molar-refractivity contribution in [2.75, 3.05) is 31.1 Å². The van der Waals surface area contributed by atoms with Crippen molar-refractivity contribution in [3.05, 3.63) is 47.5 Å².